The quantitative estimate of drug-likeness (QED) is 0.0141. The maximum Gasteiger partial charge on any atom is 0.407 e. The first-order valence-corrected chi connectivity index (χ1v) is 49.1. The topological polar surface area (TPSA) is 593 Å². The lowest BCUT2D eigenvalue weighted by molar-refractivity contribution is -0.142. The molecule has 4 aliphatic rings. The van der Waals surface area contributed by atoms with Crippen LogP contribution in [0.5, 0.6) is 23.0 Å². The summed E-state index contributed by atoms with van der Waals surface area (Å²) < 4.78 is 153. The van der Waals surface area contributed by atoms with Gasteiger partial charge in [-0.05, 0) is 297 Å². The van der Waals surface area contributed by atoms with E-state index >= 15 is 9.59 Å². The Bertz CT molecular complexity index is 5660. The summed E-state index contributed by atoms with van der Waals surface area (Å²) in [6, 6.07) is -8.02. The molecule has 0 saturated heterocycles. The number of aliphatic imine (C=N–C) groups is 4. The summed E-state index contributed by atoms with van der Waals surface area (Å²) in [6.45, 7) is 39.5. The van der Waals surface area contributed by atoms with Crippen molar-refractivity contribution < 1.29 is 91.2 Å². The van der Waals surface area contributed by atoms with Crippen molar-refractivity contribution >= 4 is 99.6 Å². The van der Waals surface area contributed by atoms with E-state index in [0.29, 0.717) is 139 Å². The molecule has 5 amide bonds. The minimum atomic E-state index is -4.44. The highest BCUT2D eigenvalue weighted by Gasteiger charge is 2.43. The van der Waals surface area contributed by atoms with Crippen LogP contribution in [-0.4, -0.2) is 189 Å². The molecule has 4 aromatic rings. The van der Waals surface area contributed by atoms with Gasteiger partial charge in [-0.1, -0.05) is 0 Å². The highest BCUT2D eigenvalue weighted by Crippen LogP contribution is 2.48. The zero-order valence-corrected chi connectivity index (χ0v) is 81.8. The Balaban J connectivity index is 1.10. The molecule has 8 rings (SSSR count). The Morgan fingerprint density at radius 3 is 0.860 bits per heavy atom. The first-order chi connectivity index (χ1) is 59.4. The van der Waals surface area contributed by atoms with E-state index in [1.165, 1.54) is 0 Å². The lowest BCUT2D eigenvalue weighted by atomic mass is 9.94. The predicted octanol–water partition coefficient (Wildman–Crippen LogP) is 5.88. The van der Waals surface area contributed by atoms with Gasteiger partial charge >= 0.3 is 12.1 Å². The Morgan fingerprint density at radius 1 is 0.372 bits per heavy atom. The number of aliphatic carboxylic acids is 1. The molecule has 4 aromatic carbocycles. The first-order valence-electron chi connectivity index (χ1n) is 43.2. The Morgan fingerprint density at radius 2 is 0.612 bits per heavy atom. The molecule has 0 radical (unpaired) electrons. The third-order valence-electron chi connectivity index (χ3n) is 23.4. The third kappa shape index (κ3) is 25.8. The van der Waals surface area contributed by atoms with Crippen LogP contribution in [0.2, 0.25) is 0 Å². The van der Waals surface area contributed by atoms with Gasteiger partial charge in [0.25, 0.3) is 40.1 Å². The molecule has 0 spiro atoms. The smallest absolute Gasteiger partial charge is 0.407 e. The monoisotopic (exact) mass is 1880 g/mol. The van der Waals surface area contributed by atoms with Crippen molar-refractivity contribution in [1.29, 1.82) is 0 Å². The van der Waals surface area contributed by atoms with Crippen molar-refractivity contribution in [2.75, 3.05) is 32.7 Å². The molecule has 42 heteroatoms. The van der Waals surface area contributed by atoms with E-state index in [1.54, 1.807) is 104 Å². The first kappa shape index (κ1) is 104. The summed E-state index contributed by atoms with van der Waals surface area (Å²) in [4.78, 5) is 102. The van der Waals surface area contributed by atoms with E-state index in [4.69, 9.17) is 52.4 Å². The molecule has 0 bridgehead atoms. The molecule has 0 fully saturated rings. The molecule has 0 unspecified atom stereocenters. The number of hydrogen-bond acceptors (Lipinski definition) is 24. The molecule has 129 heavy (non-hydrogen) atoms. The highest BCUT2D eigenvalue weighted by molar-refractivity contribution is 7.91. The highest BCUT2D eigenvalue weighted by atomic mass is 32.2. The van der Waals surface area contributed by atoms with Crippen molar-refractivity contribution in [2.45, 2.75) is 333 Å². The zero-order chi connectivity index (χ0) is 96.9. The van der Waals surface area contributed by atoms with Crippen molar-refractivity contribution in [1.82, 2.24) is 45.5 Å². The lowest BCUT2D eigenvalue weighted by Gasteiger charge is -2.26. The van der Waals surface area contributed by atoms with Crippen LogP contribution in [0.15, 0.2) is 39.6 Å². The van der Waals surface area contributed by atoms with Crippen LogP contribution in [0.4, 0.5) is 4.79 Å². The molecular formula is C87H134N18O20S4. The second-order valence-corrected chi connectivity index (χ2v) is 43.9. The second kappa shape index (κ2) is 40.5. The van der Waals surface area contributed by atoms with Gasteiger partial charge in [0.1, 0.15) is 75.2 Å². The SMILES string of the molecule is Cc1c(C)c(S(=O)(=O)NC(N)=NCCC[C@H](NC(=O)[C@H](CCCN=C(N)NS(=O)(=O)c2c(C)c(C)c3c(c2C)CC(C)(C)O3)NC(=O)[C@H](CCCN=C(N)NS(=O)(=O)c2c(C)c(C)c3c(c2C)CC(C)(C)O3)NC(=O)[C@H](CCCN=C(N)NS(=O)(=O)c2c(C)c(C)c3c(c2C)CC(C)(C)O3)NC(=O)[C@@H](N)CCCCNC(=O)OC(C)(C)C)C(=O)O)c(C)c2c1OC(C)(C)C2. The van der Waals surface area contributed by atoms with Crippen molar-refractivity contribution in [3.05, 3.63) is 89.0 Å². The number of carboxylic acid groups (broad SMARTS) is 1. The van der Waals surface area contributed by atoms with E-state index in [0.717, 1.165) is 11.1 Å². The van der Waals surface area contributed by atoms with Crippen molar-refractivity contribution in [2.24, 2.45) is 48.6 Å². The Hall–Kier alpha value is -10.5. The van der Waals surface area contributed by atoms with E-state index in [1.807, 2.05) is 55.4 Å². The number of alkyl carbamates (subject to hydrolysis) is 1. The number of ether oxygens (including phenoxy) is 5. The summed E-state index contributed by atoms with van der Waals surface area (Å²) in [5, 5.41) is 23.8. The molecule has 20 N–H and O–H groups in total. The molecule has 0 aromatic heterocycles. The number of hydrogen-bond donors (Lipinski definition) is 15. The minimum absolute atomic E-state index is 0.0112. The summed E-state index contributed by atoms with van der Waals surface area (Å²) in [5.74, 6) is -5.35. The Kier molecular flexibility index (Phi) is 32.6. The van der Waals surface area contributed by atoms with Crippen LogP contribution in [0, 0.1) is 83.1 Å². The molecule has 5 atom stereocenters. The maximum absolute atomic E-state index is 15.4. The van der Waals surface area contributed by atoms with Crippen LogP contribution >= 0.6 is 0 Å². The summed E-state index contributed by atoms with van der Waals surface area (Å²) in [7, 11) is -17.6. The fraction of sp³-hybridized carbons (Fsp3) is 0.609. The number of nitrogens with zero attached hydrogens (tertiary/aromatic N) is 4. The predicted molar refractivity (Wildman–Crippen MR) is 492 cm³/mol. The number of fused-ring (bicyclic) bond motifs is 4. The lowest BCUT2D eigenvalue weighted by Crippen LogP contribution is -2.58. The van der Waals surface area contributed by atoms with Crippen LogP contribution in [-0.2, 0) is 94.5 Å². The zero-order valence-electron chi connectivity index (χ0n) is 78.5. The Labute approximate surface area is 758 Å². The number of carboxylic acids is 1. The molecule has 716 valence electrons. The largest absolute Gasteiger partial charge is 0.487 e. The number of rotatable bonds is 38. The summed E-state index contributed by atoms with van der Waals surface area (Å²) in [5.41, 5.74) is 37.3. The number of amides is 5. The number of carbonyl (C=O) groups is 6. The second-order valence-electron chi connectivity index (χ2n) is 37.4. The third-order valence-corrected chi connectivity index (χ3v) is 29.9. The van der Waals surface area contributed by atoms with E-state index in [2.05, 4.69) is 65.4 Å². The molecule has 38 nitrogen and oxygen atoms in total. The average Bonchev–Trinajstić information content (AvgIpc) is 1.66. The summed E-state index contributed by atoms with van der Waals surface area (Å²) in [6.07, 6.45) is -0.259. The van der Waals surface area contributed by atoms with Crippen LogP contribution < -0.4 is 93.1 Å². The average molecular weight is 1880 g/mol. The molecule has 0 saturated carbocycles. The maximum atomic E-state index is 15.4. The number of benzene rings is 4. The normalized spacial score (nSPS) is 16.9. The van der Waals surface area contributed by atoms with Gasteiger partial charge in [-0.25, -0.2) is 62.1 Å². The van der Waals surface area contributed by atoms with E-state index < -0.39 is 158 Å². The number of unbranched alkanes of at least 4 members (excludes halogenated alkanes) is 1. The van der Waals surface area contributed by atoms with Gasteiger partial charge in [0.15, 0.2) is 0 Å². The van der Waals surface area contributed by atoms with Gasteiger partial charge in [-0.2, -0.15) is 0 Å². The minimum Gasteiger partial charge on any atom is -0.487 e. The number of guanidine groups is 4. The summed E-state index contributed by atoms with van der Waals surface area (Å²) >= 11 is 0. The van der Waals surface area contributed by atoms with Gasteiger partial charge in [-0.3, -0.25) is 39.1 Å². The fourth-order valence-corrected chi connectivity index (χ4v) is 22.8. The van der Waals surface area contributed by atoms with Gasteiger partial charge in [0, 0.05) is 80.7 Å². The van der Waals surface area contributed by atoms with E-state index in [-0.39, 0.29) is 110 Å². The van der Waals surface area contributed by atoms with Gasteiger partial charge in [0.2, 0.25) is 47.5 Å². The van der Waals surface area contributed by atoms with Crippen molar-refractivity contribution in [3.63, 3.8) is 0 Å². The van der Waals surface area contributed by atoms with Crippen LogP contribution in [0.1, 0.15) is 236 Å². The molecular weight excluding hydrogens is 1750 g/mol. The fourth-order valence-electron chi connectivity index (χ4n) is 16.7. The molecule has 4 aliphatic heterocycles. The van der Waals surface area contributed by atoms with E-state index in [9.17, 15) is 58.0 Å². The number of sulfonamides is 4. The molecule has 4 heterocycles. The van der Waals surface area contributed by atoms with Crippen LogP contribution in [0.3, 0.4) is 0 Å². The number of nitrogens with two attached hydrogens (primary N) is 5. The number of nitrogens with one attached hydrogen (secondary N) is 9. The van der Waals surface area contributed by atoms with Crippen molar-refractivity contribution in [3.8, 4) is 23.0 Å². The molecule has 0 aliphatic carbocycles. The van der Waals surface area contributed by atoms with Gasteiger partial charge < -0.3 is 84.0 Å². The van der Waals surface area contributed by atoms with Crippen LogP contribution in [0.25, 0.3) is 0 Å². The number of carbonyl (C=O) groups excluding carboxylic acids is 5. The van der Waals surface area contributed by atoms with Gasteiger partial charge in [0.05, 0.1) is 25.6 Å². The standard InChI is InChI=1S/C87H134N18O20S4/c1-44-48(5)69(52(9)56-40-84(16,17)121-65(44)56)126(113,114)102-78(89)93-36-26-31-61(98-73(106)60(88)30-24-25-35-97-82(112)125-83(13,14)15)74(107)99-62(32-27-37-94-79(90)103-127(115,116)70-49(6)45(2)66-57(53(70)10)41-85(18,19)122-66)75(108)100-63(33-28-38-95-80(91)104-128(117,118)71-50(7)46(3)67-58(54(71)11)42-86(20,21)123-67)76(109)101-64(77(110)111)34-29-39-96-81(92)105-129(119,120)72-51(8)47(4)68-59(55(72)12)43-87(22,23)124-68/h60-64H,24-43,88H2,1-23H3,(H,97,112)(H,98,106)(H,99,107)(H,100,108)(H,101,109)(H,110,111)(H3,89,93,102)(H3,90,94,103)(H3,91,95,104)(H3,92,96,105)/t60-,61-,62-,63-,64-/m0/s1. The van der Waals surface area contributed by atoms with Gasteiger partial charge in [-0.15, -0.1) is 0 Å².